The van der Waals surface area contributed by atoms with Gasteiger partial charge in [-0.05, 0) is 25.1 Å². The molecule has 152 valence electrons. The fraction of sp³-hybridized carbons (Fsp3) is 0.176. The molecule has 0 aliphatic heterocycles. The highest BCUT2D eigenvalue weighted by Crippen LogP contribution is 2.33. The van der Waals surface area contributed by atoms with Crippen molar-refractivity contribution in [3.05, 3.63) is 55.9 Å². The second-order valence-electron chi connectivity index (χ2n) is 5.93. The fourth-order valence-corrected chi connectivity index (χ4v) is 3.71. The number of fused-ring (bicyclic) bond motifs is 1. The molecule has 2 N–H and O–H groups in total. The van der Waals surface area contributed by atoms with Gasteiger partial charge in [0.1, 0.15) is 17.2 Å². The predicted molar refractivity (Wildman–Crippen MR) is 101 cm³/mol. The molecular formula is C17H11ClF3N3O4S. The number of halogens is 4. The number of rotatable bonds is 4. The first-order valence-corrected chi connectivity index (χ1v) is 9.13. The van der Waals surface area contributed by atoms with Crippen LogP contribution in [0.15, 0.2) is 28.4 Å². The van der Waals surface area contributed by atoms with Crippen molar-refractivity contribution in [2.24, 2.45) is 0 Å². The molecule has 0 saturated carbocycles. The quantitative estimate of drug-likeness (QED) is 0.636. The van der Waals surface area contributed by atoms with Crippen LogP contribution in [0.2, 0.25) is 5.02 Å². The lowest BCUT2D eigenvalue weighted by Gasteiger charge is -2.13. The van der Waals surface area contributed by atoms with Gasteiger partial charge in [-0.1, -0.05) is 11.6 Å². The molecule has 12 heteroatoms. The zero-order valence-electron chi connectivity index (χ0n) is 14.5. The maximum Gasteiger partial charge on any atom is 0.416 e. The number of benzene rings is 1. The third-order valence-corrected chi connectivity index (χ3v) is 5.19. The van der Waals surface area contributed by atoms with Crippen LogP contribution in [0.3, 0.4) is 0 Å². The van der Waals surface area contributed by atoms with Gasteiger partial charge in [-0.25, -0.2) is 9.78 Å². The van der Waals surface area contributed by atoms with E-state index >= 15 is 0 Å². The van der Waals surface area contributed by atoms with Crippen LogP contribution >= 0.6 is 22.9 Å². The van der Waals surface area contributed by atoms with Gasteiger partial charge >= 0.3 is 12.1 Å². The van der Waals surface area contributed by atoms with Crippen LogP contribution < -0.4 is 10.9 Å². The minimum atomic E-state index is -4.63. The molecule has 0 radical (unpaired) electrons. The standard InChI is InChI=1S/C17H11ClF3N3O4S/c1-7-22-14-13(9(6-29-14)16(27)28)15(26)24(7)5-12(25)23-11-4-8(17(19,20)21)2-3-10(11)18/h2-4,6H,5H2,1H3,(H,23,25)(H,27,28). The van der Waals surface area contributed by atoms with Crippen molar-refractivity contribution in [2.75, 3.05) is 5.32 Å². The summed E-state index contributed by atoms with van der Waals surface area (Å²) in [5.74, 6) is -2.00. The topological polar surface area (TPSA) is 101 Å². The van der Waals surface area contributed by atoms with Crippen LogP contribution in [-0.2, 0) is 17.5 Å². The lowest BCUT2D eigenvalue weighted by atomic mass is 10.2. The Morgan fingerprint density at radius 3 is 2.66 bits per heavy atom. The molecule has 0 atom stereocenters. The third-order valence-electron chi connectivity index (χ3n) is 3.98. The molecule has 0 saturated heterocycles. The minimum absolute atomic E-state index is 0.116. The summed E-state index contributed by atoms with van der Waals surface area (Å²) in [5, 5.41) is 12.4. The van der Waals surface area contributed by atoms with E-state index in [1.807, 2.05) is 0 Å². The largest absolute Gasteiger partial charge is 0.478 e. The van der Waals surface area contributed by atoms with E-state index in [0.717, 1.165) is 28.0 Å². The maximum absolute atomic E-state index is 12.9. The van der Waals surface area contributed by atoms with Crippen molar-refractivity contribution in [2.45, 2.75) is 19.6 Å². The summed E-state index contributed by atoms with van der Waals surface area (Å²) in [6, 6.07) is 2.45. The average Bonchev–Trinajstić information content (AvgIpc) is 3.03. The Morgan fingerprint density at radius 1 is 1.34 bits per heavy atom. The minimum Gasteiger partial charge on any atom is -0.478 e. The Bertz CT molecular complexity index is 1200. The van der Waals surface area contributed by atoms with Gasteiger partial charge in [0.2, 0.25) is 5.91 Å². The van der Waals surface area contributed by atoms with E-state index in [2.05, 4.69) is 10.3 Å². The van der Waals surface area contributed by atoms with Crippen LogP contribution in [0.5, 0.6) is 0 Å². The molecule has 1 aromatic carbocycles. The van der Waals surface area contributed by atoms with Gasteiger partial charge in [0, 0.05) is 5.38 Å². The highest BCUT2D eigenvalue weighted by Gasteiger charge is 2.31. The van der Waals surface area contributed by atoms with Crippen molar-refractivity contribution < 1.29 is 27.9 Å². The molecular weight excluding hydrogens is 435 g/mol. The van der Waals surface area contributed by atoms with Crippen molar-refractivity contribution >= 4 is 50.7 Å². The monoisotopic (exact) mass is 445 g/mol. The number of aromatic nitrogens is 2. The summed E-state index contributed by atoms with van der Waals surface area (Å²) >= 11 is 6.82. The van der Waals surface area contributed by atoms with Crippen molar-refractivity contribution in [3.8, 4) is 0 Å². The lowest BCUT2D eigenvalue weighted by molar-refractivity contribution is -0.137. The number of carbonyl (C=O) groups excluding carboxylic acids is 1. The number of carboxylic acids is 1. The molecule has 0 fully saturated rings. The number of nitrogens with zero attached hydrogens (tertiary/aromatic N) is 2. The number of anilines is 1. The molecule has 0 bridgehead atoms. The first-order chi connectivity index (χ1) is 13.5. The summed E-state index contributed by atoms with van der Waals surface area (Å²) in [5.41, 5.74) is -2.25. The summed E-state index contributed by atoms with van der Waals surface area (Å²) < 4.78 is 39.5. The molecule has 7 nitrogen and oxygen atoms in total. The SMILES string of the molecule is Cc1nc2scc(C(=O)O)c2c(=O)n1CC(=O)Nc1cc(C(F)(F)F)ccc1Cl. The molecule has 0 spiro atoms. The number of carboxylic acid groups (broad SMARTS) is 1. The summed E-state index contributed by atoms with van der Waals surface area (Å²) in [4.78, 5) is 40.6. The van der Waals surface area contributed by atoms with Gasteiger partial charge in [-0.15, -0.1) is 11.3 Å². The van der Waals surface area contributed by atoms with Crippen molar-refractivity contribution in [3.63, 3.8) is 0 Å². The van der Waals surface area contributed by atoms with Gasteiger partial charge in [-0.3, -0.25) is 14.2 Å². The van der Waals surface area contributed by atoms with Gasteiger partial charge in [-0.2, -0.15) is 13.2 Å². The Balaban J connectivity index is 1.94. The van der Waals surface area contributed by atoms with E-state index in [1.165, 1.54) is 12.3 Å². The second-order valence-corrected chi connectivity index (χ2v) is 7.19. The Kier molecular flexibility index (Phi) is 5.37. The fourth-order valence-electron chi connectivity index (χ4n) is 2.60. The normalized spacial score (nSPS) is 11.6. The van der Waals surface area contributed by atoms with Crippen molar-refractivity contribution in [1.82, 2.24) is 9.55 Å². The predicted octanol–water partition coefficient (Wildman–Crippen LogP) is 3.78. The van der Waals surface area contributed by atoms with Crippen LogP contribution in [0.1, 0.15) is 21.7 Å². The Morgan fingerprint density at radius 2 is 2.03 bits per heavy atom. The zero-order chi connectivity index (χ0) is 21.5. The number of amides is 1. The Labute approximate surface area is 169 Å². The van der Waals surface area contributed by atoms with E-state index in [4.69, 9.17) is 11.6 Å². The smallest absolute Gasteiger partial charge is 0.416 e. The number of aryl methyl sites for hydroxylation is 1. The molecule has 0 unspecified atom stereocenters. The highest BCUT2D eigenvalue weighted by molar-refractivity contribution is 7.17. The van der Waals surface area contributed by atoms with E-state index in [1.54, 1.807) is 0 Å². The van der Waals surface area contributed by atoms with Gasteiger partial charge in [0.15, 0.2) is 0 Å². The highest BCUT2D eigenvalue weighted by atomic mass is 35.5. The van der Waals surface area contributed by atoms with E-state index in [9.17, 15) is 32.7 Å². The number of hydrogen-bond acceptors (Lipinski definition) is 5. The van der Waals surface area contributed by atoms with Crippen molar-refractivity contribution in [1.29, 1.82) is 0 Å². The number of thiophene rings is 1. The number of aromatic carboxylic acids is 1. The Hall–Kier alpha value is -2.92. The zero-order valence-corrected chi connectivity index (χ0v) is 16.1. The van der Waals surface area contributed by atoms with Crippen LogP contribution in [0.4, 0.5) is 18.9 Å². The number of alkyl halides is 3. The van der Waals surface area contributed by atoms with Crippen LogP contribution in [-0.4, -0.2) is 26.5 Å². The molecule has 0 aliphatic carbocycles. The molecule has 1 amide bonds. The van der Waals surface area contributed by atoms with Gasteiger partial charge in [0.25, 0.3) is 5.56 Å². The lowest BCUT2D eigenvalue weighted by Crippen LogP contribution is -2.30. The van der Waals surface area contributed by atoms with E-state index in [0.29, 0.717) is 6.07 Å². The van der Waals surface area contributed by atoms with E-state index in [-0.39, 0.29) is 32.3 Å². The maximum atomic E-state index is 12.9. The molecule has 3 rings (SSSR count). The molecule has 2 heterocycles. The third kappa shape index (κ3) is 4.10. The van der Waals surface area contributed by atoms with Gasteiger partial charge < -0.3 is 10.4 Å². The van der Waals surface area contributed by atoms with Crippen LogP contribution in [0.25, 0.3) is 10.2 Å². The van der Waals surface area contributed by atoms with E-state index < -0.39 is 35.7 Å². The molecule has 2 aromatic heterocycles. The van der Waals surface area contributed by atoms with Crippen LogP contribution in [0, 0.1) is 6.92 Å². The first-order valence-electron chi connectivity index (χ1n) is 7.87. The number of carbonyl (C=O) groups is 2. The van der Waals surface area contributed by atoms with Gasteiger partial charge in [0.05, 0.1) is 27.2 Å². The first kappa shape index (κ1) is 20.8. The summed E-state index contributed by atoms with van der Waals surface area (Å²) in [6.07, 6.45) is -4.63. The average molecular weight is 446 g/mol. The molecule has 3 aromatic rings. The summed E-state index contributed by atoms with van der Waals surface area (Å²) in [7, 11) is 0. The molecule has 0 aliphatic rings. The number of nitrogens with one attached hydrogen (secondary N) is 1. The second kappa shape index (κ2) is 7.48. The summed E-state index contributed by atoms with van der Waals surface area (Å²) in [6.45, 7) is 0.862. The number of hydrogen-bond donors (Lipinski definition) is 2. The molecule has 29 heavy (non-hydrogen) atoms.